The summed E-state index contributed by atoms with van der Waals surface area (Å²) in [6, 6.07) is 5.20. The third-order valence-corrected chi connectivity index (χ3v) is 3.42. The third kappa shape index (κ3) is 3.21. The first kappa shape index (κ1) is 13.0. The van der Waals surface area contributed by atoms with E-state index in [-0.39, 0.29) is 4.90 Å². The van der Waals surface area contributed by atoms with Crippen LogP contribution in [0.2, 0.25) is 0 Å². The summed E-state index contributed by atoms with van der Waals surface area (Å²) in [4.78, 5) is 0.240. The lowest BCUT2D eigenvalue weighted by Gasteiger charge is -2.09. The van der Waals surface area contributed by atoms with Gasteiger partial charge in [-0.3, -0.25) is 0 Å². The van der Waals surface area contributed by atoms with Crippen LogP contribution in [0.4, 0.5) is 0 Å². The van der Waals surface area contributed by atoms with Crippen LogP contribution >= 0.6 is 0 Å². The van der Waals surface area contributed by atoms with Gasteiger partial charge in [-0.25, -0.2) is 8.42 Å². The van der Waals surface area contributed by atoms with Gasteiger partial charge in [0.1, 0.15) is 10.6 Å². The molecular formula is C11H17NO3S. The number of benzene rings is 1. The SMILES string of the molecule is COc1ccc(CCCN)cc1S(C)(=O)=O. The standard InChI is InChI=1S/C11H17NO3S/c1-15-10-6-5-9(4-3-7-12)8-11(10)16(2,13)14/h5-6,8H,3-4,7,12H2,1-2H3. The fourth-order valence-electron chi connectivity index (χ4n) is 1.47. The van der Waals surface area contributed by atoms with Gasteiger partial charge in [-0.2, -0.15) is 0 Å². The number of hydrogen-bond acceptors (Lipinski definition) is 4. The van der Waals surface area contributed by atoms with Gasteiger partial charge in [0.15, 0.2) is 9.84 Å². The lowest BCUT2D eigenvalue weighted by molar-refractivity contribution is 0.402. The van der Waals surface area contributed by atoms with Gasteiger partial charge >= 0.3 is 0 Å². The van der Waals surface area contributed by atoms with Crippen molar-refractivity contribution in [3.63, 3.8) is 0 Å². The predicted molar refractivity (Wildman–Crippen MR) is 63.5 cm³/mol. The molecule has 0 unspecified atom stereocenters. The second kappa shape index (κ2) is 5.32. The van der Waals surface area contributed by atoms with Crippen LogP contribution in [0.1, 0.15) is 12.0 Å². The van der Waals surface area contributed by atoms with Crippen LogP contribution in [0.25, 0.3) is 0 Å². The molecule has 5 heteroatoms. The van der Waals surface area contributed by atoms with Crippen LogP contribution in [0.15, 0.2) is 23.1 Å². The minimum absolute atomic E-state index is 0.240. The molecule has 1 aromatic carbocycles. The smallest absolute Gasteiger partial charge is 0.179 e. The molecule has 0 aliphatic carbocycles. The molecule has 0 radical (unpaired) electrons. The first-order valence-corrected chi connectivity index (χ1v) is 6.95. The highest BCUT2D eigenvalue weighted by Gasteiger charge is 2.14. The lowest BCUT2D eigenvalue weighted by Crippen LogP contribution is -2.04. The van der Waals surface area contributed by atoms with E-state index in [1.807, 2.05) is 6.07 Å². The average molecular weight is 243 g/mol. The topological polar surface area (TPSA) is 69.4 Å². The normalized spacial score (nSPS) is 11.4. The quantitative estimate of drug-likeness (QED) is 0.837. The van der Waals surface area contributed by atoms with E-state index in [0.29, 0.717) is 12.3 Å². The molecule has 0 saturated heterocycles. The van der Waals surface area contributed by atoms with Crippen molar-refractivity contribution in [2.24, 2.45) is 5.73 Å². The third-order valence-electron chi connectivity index (χ3n) is 2.30. The van der Waals surface area contributed by atoms with Crippen LogP contribution in [0.5, 0.6) is 5.75 Å². The molecule has 1 rings (SSSR count). The van der Waals surface area contributed by atoms with Crippen molar-refractivity contribution < 1.29 is 13.2 Å². The Morgan fingerprint density at radius 1 is 1.38 bits per heavy atom. The van der Waals surface area contributed by atoms with Gasteiger partial charge in [0.25, 0.3) is 0 Å². The molecule has 0 aliphatic rings. The Hall–Kier alpha value is -1.07. The summed E-state index contributed by atoms with van der Waals surface area (Å²) >= 11 is 0. The Bertz CT molecular complexity index is 454. The number of aryl methyl sites for hydroxylation is 1. The molecule has 0 amide bonds. The fraction of sp³-hybridized carbons (Fsp3) is 0.455. The molecule has 0 heterocycles. The van der Waals surface area contributed by atoms with E-state index in [4.69, 9.17) is 10.5 Å². The second-order valence-corrected chi connectivity index (χ2v) is 5.63. The van der Waals surface area contributed by atoms with Crippen LogP contribution in [-0.4, -0.2) is 28.3 Å². The van der Waals surface area contributed by atoms with E-state index in [9.17, 15) is 8.42 Å². The van der Waals surface area contributed by atoms with Gasteiger partial charge in [0.2, 0.25) is 0 Å². The second-order valence-electron chi connectivity index (χ2n) is 3.65. The highest BCUT2D eigenvalue weighted by atomic mass is 32.2. The predicted octanol–water partition coefficient (Wildman–Crippen LogP) is 0.990. The largest absolute Gasteiger partial charge is 0.495 e. The Balaban J connectivity index is 3.12. The van der Waals surface area contributed by atoms with Crippen molar-refractivity contribution in [1.29, 1.82) is 0 Å². The van der Waals surface area contributed by atoms with E-state index < -0.39 is 9.84 Å². The van der Waals surface area contributed by atoms with Gasteiger partial charge in [0.05, 0.1) is 7.11 Å². The molecule has 0 bridgehead atoms. The summed E-state index contributed by atoms with van der Waals surface area (Å²) in [5, 5.41) is 0. The molecule has 90 valence electrons. The fourth-order valence-corrected chi connectivity index (χ4v) is 2.35. The molecule has 4 nitrogen and oxygen atoms in total. The van der Waals surface area contributed by atoms with E-state index in [2.05, 4.69) is 0 Å². The Morgan fingerprint density at radius 3 is 2.56 bits per heavy atom. The summed E-state index contributed by atoms with van der Waals surface area (Å²) in [6.07, 6.45) is 2.80. The molecule has 0 aromatic heterocycles. The van der Waals surface area contributed by atoms with Crippen LogP contribution in [0.3, 0.4) is 0 Å². The molecule has 2 N–H and O–H groups in total. The molecule has 0 aliphatic heterocycles. The summed E-state index contributed by atoms with van der Waals surface area (Å²) in [5.74, 6) is 0.388. The van der Waals surface area contributed by atoms with Crippen molar-refractivity contribution in [3.8, 4) is 5.75 Å². The van der Waals surface area contributed by atoms with E-state index in [0.717, 1.165) is 18.4 Å². The molecule has 0 fully saturated rings. The lowest BCUT2D eigenvalue weighted by atomic mass is 10.1. The van der Waals surface area contributed by atoms with Crippen LogP contribution in [-0.2, 0) is 16.3 Å². The molecule has 0 saturated carbocycles. The van der Waals surface area contributed by atoms with Gasteiger partial charge in [-0.15, -0.1) is 0 Å². The van der Waals surface area contributed by atoms with Crippen molar-refractivity contribution in [3.05, 3.63) is 23.8 Å². The molecular weight excluding hydrogens is 226 g/mol. The van der Waals surface area contributed by atoms with Gasteiger partial charge in [-0.1, -0.05) is 6.07 Å². The summed E-state index contributed by atoms with van der Waals surface area (Å²) in [7, 11) is -1.79. The summed E-state index contributed by atoms with van der Waals surface area (Å²) in [5.41, 5.74) is 6.38. The van der Waals surface area contributed by atoms with Crippen LogP contribution < -0.4 is 10.5 Å². The molecule has 1 aromatic rings. The molecule has 16 heavy (non-hydrogen) atoms. The average Bonchev–Trinajstić information content (AvgIpc) is 2.24. The Kier molecular flexibility index (Phi) is 4.32. The zero-order chi connectivity index (χ0) is 12.2. The van der Waals surface area contributed by atoms with Crippen molar-refractivity contribution in [2.75, 3.05) is 19.9 Å². The zero-order valence-corrected chi connectivity index (χ0v) is 10.4. The zero-order valence-electron chi connectivity index (χ0n) is 9.56. The number of sulfone groups is 1. The van der Waals surface area contributed by atoms with E-state index in [1.54, 1.807) is 12.1 Å². The maximum Gasteiger partial charge on any atom is 0.179 e. The van der Waals surface area contributed by atoms with Gasteiger partial charge in [-0.05, 0) is 37.1 Å². The summed E-state index contributed by atoms with van der Waals surface area (Å²) in [6.45, 7) is 0.597. The first-order valence-electron chi connectivity index (χ1n) is 5.06. The monoisotopic (exact) mass is 243 g/mol. The first-order chi connectivity index (χ1) is 7.49. The van der Waals surface area contributed by atoms with Gasteiger partial charge < -0.3 is 10.5 Å². The van der Waals surface area contributed by atoms with Crippen molar-refractivity contribution >= 4 is 9.84 Å². The molecule has 0 atom stereocenters. The maximum absolute atomic E-state index is 11.5. The number of ether oxygens (including phenoxy) is 1. The number of rotatable bonds is 5. The van der Waals surface area contributed by atoms with Crippen molar-refractivity contribution in [2.45, 2.75) is 17.7 Å². The highest BCUT2D eigenvalue weighted by Crippen LogP contribution is 2.25. The van der Waals surface area contributed by atoms with E-state index in [1.165, 1.54) is 13.4 Å². The van der Waals surface area contributed by atoms with Gasteiger partial charge in [0, 0.05) is 6.26 Å². The minimum Gasteiger partial charge on any atom is -0.495 e. The number of hydrogen-bond donors (Lipinski definition) is 1. The number of methoxy groups -OCH3 is 1. The maximum atomic E-state index is 11.5. The minimum atomic E-state index is -3.25. The van der Waals surface area contributed by atoms with Crippen LogP contribution in [0, 0.1) is 0 Å². The number of nitrogens with two attached hydrogens (primary N) is 1. The highest BCUT2D eigenvalue weighted by molar-refractivity contribution is 7.90. The Morgan fingerprint density at radius 2 is 2.06 bits per heavy atom. The van der Waals surface area contributed by atoms with Crippen molar-refractivity contribution in [1.82, 2.24) is 0 Å². The van der Waals surface area contributed by atoms with E-state index >= 15 is 0 Å². The summed E-state index contributed by atoms with van der Waals surface area (Å²) < 4.78 is 28.1. The Labute approximate surface area is 96.3 Å². The molecule has 0 spiro atoms.